The van der Waals surface area contributed by atoms with Crippen LogP contribution in [0.4, 0.5) is 5.69 Å². The summed E-state index contributed by atoms with van der Waals surface area (Å²) >= 11 is 0. The molecule has 0 atom stereocenters. The third kappa shape index (κ3) is 4.64. The predicted octanol–water partition coefficient (Wildman–Crippen LogP) is 3.73. The van der Waals surface area contributed by atoms with Crippen LogP contribution in [0, 0.1) is 6.92 Å². The maximum absolute atomic E-state index is 13.1. The lowest BCUT2D eigenvalue weighted by molar-refractivity contribution is 0.0628. The minimum Gasteiger partial charge on any atom is -0.493 e. The van der Waals surface area contributed by atoms with E-state index in [0.717, 1.165) is 44.0 Å². The fourth-order valence-corrected chi connectivity index (χ4v) is 4.37. The Morgan fingerprint density at radius 1 is 1.03 bits per heavy atom. The maximum Gasteiger partial charge on any atom is 0.291 e. The van der Waals surface area contributed by atoms with E-state index in [4.69, 9.17) is 9.15 Å². The molecule has 2 aromatic carbocycles. The van der Waals surface area contributed by atoms with Crippen molar-refractivity contribution < 1.29 is 18.7 Å². The molecule has 2 aliphatic heterocycles. The number of carbonyl (C=O) groups excluding carboxylic acids is 2. The standard InChI is InChI=1S/C26H27N3O4/c1-18-4-6-21(16-22(18)27-25(30)24-3-2-13-32-24)26(31)29-11-9-28(10-12-29)17-19-5-7-23-20(15-19)8-14-33-23/h2-7,13,15-16H,8-12,14,17H2,1H3,(H,27,30). The Balaban J connectivity index is 1.19. The first kappa shape index (κ1) is 21.3. The maximum atomic E-state index is 13.1. The van der Waals surface area contributed by atoms with Crippen LogP contribution in [0.3, 0.4) is 0 Å². The van der Waals surface area contributed by atoms with Crippen LogP contribution < -0.4 is 10.1 Å². The van der Waals surface area contributed by atoms with Gasteiger partial charge in [-0.3, -0.25) is 14.5 Å². The number of carbonyl (C=O) groups is 2. The smallest absolute Gasteiger partial charge is 0.291 e. The highest BCUT2D eigenvalue weighted by atomic mass is 16.5. The molecule has 1 N–H and O–H groups in total. The normalized spacial score (nSPS) is 15.7. The fraction of sp³-hybridized carbons (Fsp3) is 0.308. The molecule has 170 valence electrons. The molecule has 1 fully saturated rings. The van der Waals surface area contributed by atoms with Gasteiger partial charge in [0.15, 0.2) is 5.76 Å². The van der Waals surface area contributed by atoms with Gasteiger partial charge in [0.1, 0.15) is 5.75 Å². The van der Waals surface area contributed by atoms with Gasteiger partial charge in [-0.25, -0.2) is 0 Å². The van der Waals surface area contributed by atoms with Gasteiger partial charge in [-0.2, -0.15) is 0 Å². The molecule has 0 spiro atoms. The average molecular weight is 446 g/mol. The van der Waals surface area contributed by atoms with Gasteiger partial charge in [0, 0.05) is 50.4 Å². The Bertz CT molecular complexity index is 1160. The summed E-state index contributed by atoms with van der Waals surface area (Å²) in [4.78, 5) is 29.7. The highest BCUT2D eigenvalue weighted by molar-refractivity contribution is 6.04. The second-order valence-corrected chi connectivity index (χ2v) is 8.57. The highest BCUT2D eigenvalue weighted by Crippen LogP contribution is 2.26. The molecule has 0 bridgehead atoms. The number of nitrogens with one attached hydrogen (secondary N) is 1. The number of benzene rings is 2. The van der Waals surface area contributed by atoms with Crippen LogP contribution in [0.1, 0.15) is 37.6 Å². The van der Waals surface area contributed by atoms with E-state index < -0.39 is 0 Å². The largest absolute Gasteiger partial charge is 0.493 e. The Morgan fingerprint density at radius 2 is 1.88 bits per heavy atom. The first-order valence-electron chi connectivity index (χ1n) is 11.3. The van der Waals surface area contributed by atoms with Crippen molar-refractivity contribution in [1.82, 2.24) is 9.80 Å². The lowest BCUT2D eigenvalue weighted by Crippen LogP contribution is -2.48. The van der Waals surface area contributed by atoms with Crippen LogP contribution in [0.5, 0.6) is 5.75 Å². The van der Waals surface area contributed by atoms with Crippen LogP contribution >= 0.6 is 0 Å². The first-order chi connectivity index (χ1) is 16.1. The number of furan rings is 1. The Labute approximate surface area is 192 Å². The zero-order chi connectivity index (χ0) is 22.8. The third-order valence-corrected chi connectivity index (χ3v) is 6.30. The lowest BCUT2D eigenvalue weighted by Gasteiger charge is -2.35. The van der Waals surface area contributed by atoms with E-state index in [1.54, 1.807) is 18.2 Å². The summed E-state index contributed by atoms with van der Waals surface area (Å²) in [5, 5.41) is 2.84. The number of piperazine rings is 1. The summed E-state index contributed by atoms with van der Waals surface area (Å²) in [6.07, 6.45) is 2.44. The molecule has 2 amide bonds. The monoisotopic (exact) mass is 445 g/mol. The van der Waals surface area contributed by atoms with Gasteiger partial charge in [0.2, 0.25) is 0 Å². The number of anilines is 1. The van der Waals surface area contributed by atoms with Gasteiger partial charge in [-0.15, -0.1) is 0 Å². The minimum atomic E-state index is -0.334. The van der Waals surface area contributed by atoms with Crippen molar-refractivity contribution in [1.29, 1.82) is 0 Å². The quantitative estimate of drug-likeness (QED) is 0.648. The predicted molar refractivity (Wildman–Crippen MR) is 125 cm³/mol. The molecule has 3 heterocycles. The van der Waals surface area contributed by atoms with Crippen LogP contribution in [-0.2, 0) is 13.0 Å². The van der Waals surface area contributed by atoms with Gasteiger partial charge in [0.25, 0.3) is 11.8 Å². The Morgan fingerprint density at radius 3 is 2.67 bits per heavy atom. The zero-order valence-corrected chi connectivity index (χ0v) is 18.7. The molecule has 1 aromatic heterocycles. The van der Waals surface area contributed by atoms with Gasteiger partial charge in [-0.1, -0.05) is 18.2 Å². The van der Waals surface area contributed by atoms with E-state index in [1.165, 1.54) is 17.4 Å². The molecular weight excluding hydrogens is 418 g/mol. The summed E-state index contributed by atoms with van der Waals surface area (Å²) in [6, 6.07) is 15.1. The zero-order valence-electron chi connectivity index (χ0n) is 18.7. The summed E-state index contributed by atoms with van der Waals surface area (Å²) in [7, 11) is 0. The molecule has 5 rings (SSSR count). The molecule has 33 heavy (non-hydrogen) atoms. The Kier molecular flexibility index (Phi) is 5.88. The molecular formula is C26H27N3O4. The van der Waals surface area contributed by atoms with Crippen LogP contribution in [-0.4, -0.2) is 54.4 Å². The number of hydrogen-bond donors (Lipinski definition) is 1. The summed E-state index contributed by atoms with van der Waals surface area (Å²) in [5.41, 5.74) is 4.64. The van der Waals surface area contributed by atoms with Gasteiger partial charge < -0.3 is 19.4 Å². The van der Waals surface area contributed by atoms with Crippen molar-refractivity contribution in [2.24, 2.45) is 0 Å². The molecule has 7 heteroatoms. The first-order valence-corrected chi connectivity index (χ1v) is 11.3. The van der Waals surface area contributed by atoms with E-state index in [1.807, 2.05) is 24.0 Å². The SMILES string of the molecule is Cc1ccc(C(=O)N2CCN(Cc3ccc4c(c3)CCO4)CC2)cc1NC(=O)c1ccco1. The van der Waals surface area contributed by atoms with Gasteiger partial charge in [-0.05, 0) is 53.9 Å². The van der Waals surface area contributed by atoms with Crippen LogP contribution in [0.2, 0.25) is 0 Å². The molecule has 2 aliphatic rings. The van der Waals surface area contributed by atoms with Crippen molar-refractivity contribution in [2.45, 2.75) is 19.9 Å². The van der Waals surface area contributed by atoms with E-state index in [0.29, 0.717) is 24.3 Å². The highest BCUT2D eigenvalue weighted by Gasteiger charge is 2.23. The van der Waals surface area contributed by atoms with Crippen LogP contribution in [0.15, 0.2) is 59.2 Å². The molecule has 0 aliphatic carbocycles. The van der Waals surface area contributed by atoms with E-state index in [9.17, 15) is 9.59 Å². The fourth-order valence-electron chi connectivity index (χ4n) is 4.37. The summed E-state index contributed by atoms with van der Waals surface area (Å²) < 4.78 is 10.8. The van der Waals surface area contributed by atoms with Crippen LogP contribution in [0.25, 0.3) is 0 Å². The number of rotatable bonds is 5. The van der Waals surface area contributed by atoms with E-state index >= 15 is 0 Å². The van der Waals surface area contributed by atoms with E-state index in [2.05, 4.69) is 28.4 Å². The Hall–Kier alpha value is -3.58. The van der Waals surface area contributed by atoms with Crippen molar-refractivity contribution in [2.75, 3.05) is 38.1 Å². The number of amides is 2. The van der Waals surface area contributed by atoms with Crippen molar-refractivity contribution in [3.8, 4) is 5.75 Å². The van der Waals surface area contributed by atoms with Crippen molar-refractivity contribution in [3.05, 3.63) is 82.8 Å². The third-order valence-electron chi connectivity index (χ3n) is 6.30. The van der Waals surface area contributed by atoms with Crippen molar-refractivity contribution in [3.63, 3.8) is 0 Å². The molecule has 1 saturated heterocycles. The minimum absolute atomic E-state index is 0.0159. The second-order valence-electron chi connectivity index (χ2n) is 8.57. The number of nitrogens with zero attached hydrogens (tertiary/aromatic N) is 2. The topological polar surface area (TPSA) is 75.0 Å². The van der Waals surface area contributed by atoms with Crippen molar-refractivity contribution >= 4 is 17.5 Å². The molecule has 3 aromatic rings. The number of fused-ring (bicyclic) bond motifs is 1. The molecule has 0 radical (unpaired) electrons. The summed E-state index contributed by atoms with van der Waals surface area (Å²) in [5.74, 6) is 0.891. The van der Waals surface area contributed by atoms with Gasteiger partial charge >= 0.3 is 0 Å². The molecule has 0 unspecified atom stereocenters. The second kappa shape index (κ2) is 9.11. The lowest BCUT2D eigenvalue weighted by atomic mass is 10.1. The average Bonchev–Trinajstić information content (AvgIpc) is 3.53. The summed E-state index contributed by atoms with van der Waals surface area (Å²) in [6.45, 7) is 6.55. The molecule has 7 nitrogen and oxygen atoms in total. The number of ether oxygens (including phenoxy) is 1. The number of hydrogen-bond acceptors (Lipinski definition) is 5. The molecule has 0 saturated carbocycles. The van der Waals surface area contributed by atoms with E-state index in [-0.39, 0.29) is 17.6 Å². The van der Waals surface area contributed by atoms with Gasteiger partial charge in [0.05, 0.1) is 12.9 Å². The number of aryl methyl sites for hydroxylation is 1.